The number of carbonyl (C=O) groups excluding carboxylic acids is 1. The van der Waals surface area contributed by atoms with E-state index in [1.54, 1.807) is 0 Å². The number of nitrogens with two attached hydrogens (primary N) is 1. The molecule has 0 unspecified atom stereocenters. The molecule has 5 nitrogen and oxygen atoms in total. The van der Waals surface area contributed by atoms with Crippen molar-refractivity contribution in [3.05, 3.63) is 35.9 Å². The van der Waals surface area contributed by atoms with Crippen LogP contribution in [0.5, 0.6) is 0 Å². The Morgan fingerprint density at radius 3 is 2.83 bits per heavy atom. The van der Waals surface area contributed by atoms with Crippen LogP contribution < -0.4 is 5.73 Å². The van der Waals surface area contributed by atoms with Crippen molar-refractivity contribution in [3.63, 3.8) is 0 Å². The third-order valence-electron chi connectivity index (χ3n) is 3.10. The van der Waals surface area contributed by atoms with Crippen molar-refractivity contribution in [3.8, 4) is 0 Å². The summed E-state index contributed by atoms with van der Waals surface area (Å²) in [6.45, 7) is 0.608. The second-order valence-corrected chi connectivity index (χ2v) is 4.52. The van der Waals surface area contributed by atoms with Crippen LogP contribution in [0, 0.1) is 0 Å². The molecule has 2 atom stereocenters. The summed E-state index contributed by atoms with van der Waals surface area (Å²) in [5.41, 5.74) is 6.72. The number of ether oxygens (including phenoxy) is 1. The molecular weight excluding hydrogens is 232 g/mol. The Balaban J connectivity index is 1.88. The van der Waals surface area contributed by atoms with Crippen LogP contribution in [-0.4, -0.2) is 41.3 Å². The quantitative estimate of drug-likeness (QED) is 0.828. The van der Waals surface area contributed by atoms with Crippen molar-refractivity contribution in [1.29, 1.82) is 0 Å². The van der Waals surface area contributed by atoms with Crippen LogP contribution in [0.25, 0.3) is 0 Å². The third kappa shape index (κ3) is 3.00. The summed E-state index contributed by atoms with van der Waals surface area (Å²) < 4.78 is 5.21. The molecule has 0 spiro atoms. The smallest absolute Gasteiger partial charge is 0.410 e. The van der Waals surface area contributed by atoms with E-state index in [1.807, 2.05) is 30.3 Å². The van der Waals surface area contributed by atoms with Crippen molar-refractivity contribution >= 4 is 6.09 Å². The number of amides is 1. The Morgan fingerprint density at radius 1 is 1.44 bits per heavy atom. The van der Waals surface area contributed by atoms with E-state index in [0.29, 0.717) is 13.0 Å². The number of aliphatic hydroxyl groups is 1. The highest BCUT2D eigenvalue weighted by Gasteiger charge is 2.33. The molecule has 1 fully saturated rings. The molecule has 1 aliphatic rings. The van der Waals surface area contributed by atoms with E-state index in [9.17, 15) is 9.90 Å². The van der Waals surface area contributed by atoms with Gasteiger partial charge >= 0.3 is 6.09 Å². The van der Waals surface area contributed by atoms with Gasteiger partial charge in [0.25, 0.3) is 0 Å². The molecule has 0 bridgehead atoms. The summed E-state index contributed by atoms with van der Waals surface area (Å²) in [5, 5.41) is 9.18. The van der Waals surface area contributed by atoms with Gasteiger partial charge in [0.2, 0.25) is 0 Å². The number of benzene rings is 1. The predicted octanol–water partition coefficient (Wildman–Crippen LogP) is 0.717. The summed E-state index contributed by atoms with van der Waals surface area (Å²) in [7, 11) is 0. The first-order valence-electron chi connectivity index (χ1n) is 6.04. The highest BCUT2D eigenvalue weighted by Crippen LogP contribution is 2.17. The molecule has 0 saturated carbocycles. The number of rotatable bonds is 3. The SMILES string of the molecule is N[C@@H]1C[C@@H](CO)N(C(=O)OCc2ccccc2)C1. The summed E-state index contributed by atoms with van der Waals surface area (Å²) in [6.07, 6.45) is 0.211. The van der Waals surface area contributed by atoms with E-state index < -0.39 is 6.09 Å². The van der Waals surface area contributed by atoms with Gasteiger partial charge in [0.1, 0.15) is 6.61 Å². The minimum absolute atomic E-state index is 0.0753. The molecule has 3 N–H and O–H groups in total. The van der Waals surface area contributed by atoms with Gasteiger partial charge in [-0.05, 0) is 12.0 Å². The zero-order valence-corrected chi connectivity index (χ0v) is 10.2. The number of hydrogen-bond donors (Lipinski definition) is 2. The normalized spacial score (nSPS) is 23.1. The maximum atomic E-state index is 11.9. The Hall–Kier alpha value is -1.59. The van der Waals surface area contributed by atoms with E-state index in [2.05, 4.69) is 0 Å². The Labute approximate surface area is 106 Å². The van der Waals surface area contributed by atoms with Gasteiger partial charge in [0, 0.05) is 12.6 Å². The zero-order valence-electron chi connectivity index (χ0n) is 10.2. The fourth-order valence-electron chi connectivity index (χ4n) is 2.15. The van der Waals surface area contributed by atoms with E-state index in [0.717, 1.165) is 5.56 Å². The van der Waals surface area contributed by atoms with E-state index >= 15 is 0 Å². The van der Waals surface area contributed by atoms with E-state index in [-0.39, 0.29) is 25.3 Å². The van der Waals surface area contributed by atoms with E-state index in [1.165, 1.54) is 4.90 Å². The lowest BCUT2D eigenvalue weighted by molar-refractivity contribution is 0.0794. The van der Waals surface area contributed by atoms with Gasteiger partial charge in [-0.3, -0.25) is 0 Å². The lowest BCUT2D eigenvalue weighted by Crippen LogP contribution is -2.38. The standard InChI is InChI=1S/C13H18N2O3/c14-11-6-12(8-16)15(7-11)13(17)18-9-10-4-2-1-3-5-10/h1-5,11-12,16H,6-9,14H2/t11-,12+/m1/s1. The predicted molar refractivity (Wildman–Crippen MR) is 66.8 cm³/mol. The molecule has 1 aliphatic heterocycles. The van der Waals surface area contributed by atoms with Crippen LogP contribution in [0.4, 0.5) is 4.79 Å². The molecule has 0 aliphatic carbocycles. The number of carbonyl (C=O) groups is 1. The summed E-state index contributed by atoms with van der Waals surface area (Å²) >= 11 is 0. The van der Waals surface area contributed by atoms with Gasteiger partial charge in [-0.2, -0.15) is 0 Å². The van der Waals surface area contributed by atoms with Gasteiger partial charge in [-0.1, -0.05) is 30.3 Å². The monoisotopic (exact) mass is 250 g/mol. The largest absolute Gasteiger partial charge is 0.445 e. The lowest BCUT2D eigenvalue weighted by Gasteiger charge is -2.22. The summed E-state index contributed by atoms with van der Waals surface area (Å²) in [6, 6.07) is 9.19. The molecule has 1 aromatic carbocycles. The van der Waals surface area contributed by atoms with Gasteiger partial charge in [-0.15, -0.1) is 0 Å². The molecule has 18 heavy (non-hydrogen) atoms. The Bertz CT molecular complexity index is 396. The molecule has 1 amide bonds. The maximum Gasteiger partial charge on any atom is 0.410 e. The second kappa shape index (κ2) is 5.84. The van der Waals surface area contributed by atoms with Crippen LogP contribution in [0.15, 0.2) is 30.3 Å². The van der Waals surface area contributed by atoms with Crippen molar-refractivity contribution in [2.24, 2.45) is 5.73 Å². The van der Waals surface area contributed by atoms with Gasteiger partial charge in [0.05, 0.1) is 12.6 Å². The minimum Gasteiger partial charge on any atom is -0.445 e. The first-order valence-corrected chi connectivity index (χ1v) is 6.04. The molecule has 0 radical (unpaired) electrons. The average Bonchev–Trinajstić information content (AvgIpc) is 2.78. The summed E-state index contributed by atoms with van der Waals surface area (Å²) in [4.78, 5) is 13.4. The lowest BCUT2D eigenvalue weighted by atomic mass is 10.2. The molecule has 2 rings (SSSR count). The molecule has 5 heteroatoms. The van der Waals surface area contributed by atoms with Crippen LogP contribution in [0.2, 0.25) is 0 Å². The van der Waals surface area contributed by atoms with Crippen LogP contribution >= 0.6 is 0 Å². The Morgan fingerprint density at radius 2 is 2.17 bits per heavy atom. The number of likely N-dealkylation sites (tertiary alicyclic amines) is 1. The first kappa shape index (κ1) is 12.9. The Kier molecular flexibility index (Phi) is 4.17. The van der Waals surface area contributed by atoms with Crippen LogP contribution in [-0.2, 0) is 11.3 Å². The fourth-order valence-corrected chi connectivity index (χ4v) is 2.15. The topological polar surface area (TPSA) is 75.8 Å². The molecule has 1 saturated heterocycles. The van der Waals surface area contributed by atoms with Crippen molar-refractivity contribution in [2.45, 2.75) is 25.1 Å². The van der Waals surface area contributed by atoms with Crippen molar-refractivity contribution in [2.75, 3.05) is 13.2 Å². The van der Waals surface area contributed by atoms with Crippen LogP contribution in [0.3, 0.4) is 0 Å². The van der Waals surface area contributed by atoms with Gasteiger partial charge < -0.3 is 20.5 Å². The van der Waals surface area contributed by atoms with Crippen LogP contribution in [0.1, 0.15) is 12.0 Å². The molecular formula is C13H18N2O3. The second-order valence-electron chi connectivity index (χ2n) is 4.52. The van der Waals surface area contributed by atoms with E-state index in [4.69, 9.17) is 10.5 Å². The average molecular weight is 250 g/mol. The zero-order chi connectivity index (χ0) is 13.0. The fraction of sp³-hybridized carbons (Fsp3) is 0.462. The third-order valence-corrected chi connectivity index (χ3v) is 3.10. The number of hydrogen-bond acceptors (Lipinski definition) is 4. The summed E-state index contributed by atoms with van der Waals surface area (Å²) in [5.74, 6) is 0. The first-order chi connectivity index (χ1) is 8.70. The molecule has 98 valence electrons. The molecule has 0 aromatic heterocycles. The maximum absolute atomic E-state index is 11.9. The minimum atomic E-state index is -0.411. The number of nitrogens with zero attached hydrogens (tertiary/aromatic N) is 1. The van der Waals surface area contributed by atoms with Crippen molar-refractivity contribution in [1.82, 2.24) is 4.90 Å². The highest BCUT2D eigenvalue weighted by atomic mass is 16.6. The molecule has 1 heterocycles. The molecule has 1 aromatic rings. The van der Waals surface area contributed by atoms with Gasteiger partial charge in [-0.25, -0.2) is 4.79 Å². The highest BCUT2D eigenvalue weighted by molar-refractivity contribution is 5.68. The number of aliphatic hydroxyl groups excluding tert-OH is 1. The van der Waals surface area contributed by atoms with Gasteiger partial charge in [0.15, 0.2) is 0 Å². The van der Waals surface area contributed by atoms with Crippen molar-refractivity contribution < 1.29 is 14.6 Å².